The number of rotatable bonds is 3. The minimum absolute atomic E-state index is 0.0484. The average molecular weight is 317 g/mol. The van der Waals surface area contributed by atoms with Crippen LogP contribution in [0, 0.1) is 0 Å². The summed E-state index contributed by atoms with van der Waals surface area (Å²) in [7, 11) is 0. The van der Waals surface area contributed by atoms with Crippen LogP contribution in [0.3, 0.4) is 0 Å². The Morgan fingerprint density at radius 2 is 2.05 bits per heavy atom. The van der Waals surface area contributed by atoms with E-state index in [0.29, 0.717) is 16.9 Å². The molecule has 0 aromatic heterocycles. The molecule has 0 aliphatic carbocycles. The lowest BCUT2D eigenvalue weighted by Gasteiger charge is -2.26. The second-order valence-electron chi connectivity index (χ2n) is 5.26. The molecular formula is C14H14F3NO2S. The van der Waals surface area contributed by atoms with E-state index in [1.165, 1.54) is 24.3 Å². The maximum Gasteiger partial charge on any atom is 0.573 e. The molecule has 1 aromatic carbocycles. The maximum absolute atomic E-state index is 12.2. The summed E-state index contributed by atoms with van der Waals surface area (Å²) in [6.45, 7) is 0.795. The van der Waals surface area contributed by atoms with E-state index >= 15 is 0 Å². The fourth-order valence-electron chi connectivity index (χ4n) is 2.79. The SMILES string of the molecule is O=C(Cc1ccc(OC(F)(F)F)cc1)N1CC2CC1CS2. The van der Waals surface area contributed by atoms with Gasteiger partial charge in [0.2, 0.25) is 5.91 Å². The highest BCUT2D eigenvalue weighted by atomic mass is 32.2. The van der Waals surface area contributed by atoms with Gasteiger partial charge < -0.3 is 9.64 Å². The molecular weight excluding hydrogens is 303 g/mol. The van der Waals surface area contributed by atoms with Gasteiger partial charge in [0.25, 0.3) is 0 Å². The molecule has 2 heterocycles. The first-order valence-corrected chi connectivity index (χ1v) is 7.71. The number of carbonyl (C=O) groups is 1. The quantitative estimate of drug-likeness (QED) is 0.858. The van der Waals surface area contributed by atoms with Crippen LogP contribution in [0.5, 0.6) is 5.75 Å². The van der Waals surface area contributed by atoms with Gasteiger partial charge in [0, 0.05) is 23.6 Å². The van der Waals surface area contributed by atoms with Crippen LogP contribution in [0.25, 0.3) is 0 Å². The van der Waals surface area contributed by atoms with Crippen molar-refractivity contribution in [2.24, 2.45) is 0 Å². The second kappa shape index (κ2) is 5.44. The number of hydrogen-bond acceptors (Lipinski definition) is 3. The summed E-state index contributed by atoms with van der Waals surface area (Å²) in [5.41, 5.74) is 0.699. The molecule has 1 amide bonds. The van der Waals surface area contributed by atoms with E-state index in [1.807, 2.05) is 16.7 Å². The molecule has 2 aliphatic rings. The third kappa shape index (κ3) is 3.45. The predicted molar refractivity (Wildman–Crippen MR) is 73.2 cm³/mol. The zero-order valence-electron chi connectivity index (χ0n) is 11.1. The summed E-state index contributed by atoms with van der Waals surface area (Å²) in [6.07, 6.45) is -3.40. The largest absolute Gasteiger partial charge is 0.573 e. The number of amides is 1. The summed E-state index contributed by atoms with van der Waals surface area (Å²) < 4.78 is 40.0. The van der Waals surface area contributed by atoms with Crippen LogP contribution in [0.15, 0.2) is 24.3 Å². The highest BCUT2D eigenvalue weighted by Gasteiger charge is 2.40. The van der Waals surface area contributed by atoms with Crippen LogP contribution in [-0.4, -0.2) is 40.8 Å². The van der Waals surface area contributed by atoms with Crippen molar-refractivity contribution in [1.29, 1.82) is 0 Å². The Kier molecular flexibility index (Phi) is 3.77. The van der Waals surface area contributed by atoms with Crippen molar-refractivity contribution in [3.05, 3.63) is 29.8 Å². The number of likely N-dealkylation sites (tertiary alicyclic amines) is 1. The number of halogens is 3. The van der Waals surface area contributed by atoms with Crippen molar-refractivity contribution in [3.8, 4) is 5.75 Å². The lowest BCUT2D eigenvalue weighted by molar-refractivity contribution is -0.274. The standard InChI is InChI=1S/C14H14F3NO2S/c15-14(16,17)20-11-3-1-9(2-4-11)5-13(19)18-7-12-6-10(18)8-21-12/h1-4,10,12H,5-8H2. The van der Waals surface area contributed by atoms with E-state index in [9.17, 15) is 18.0 Å². The minimum Gasteiger partial charge on any atom is -0.406 e. The molecule has 114 valence electrons. The predicted octanol–water partition coefficient (Wildman–Crippen LogP) is 2.84. The minimum atomic E-state index is -4.69. The van der Waals surface area contributed by atoms with Gasteiger partial charge in [0.15, 0.2) is 0 Å². The van der Waals surface area contributed by atoms with Crippen molar-refractivity contribution in [3.63, 3.8) is 0 Å². The lowest BCUT2D eigenvalue weighted by atomic mass is 10.1. The van der Waals surface area contributed by atoms with E-state index in [2.05, 4.69) is 4.74 Å². The van der Waals surface area contributed by atoms with E-state index in [4.69, 9.17) is 0 Å². The highest BCUT2D eigenvalue weighted by Crippen LogP contribution is 2.37. The Morgan fingerprint density at radius 1 is 1.33 bits per heavy atom. The van der Waals surface area contributed by atoms with Gasteiger partial charge in [-0.25, -0.2) is 0 Å². The topological polar surface area (TPSA) is 29.5 Å². The van der Waals surface area contributed by atoms with Crippen molar-refractivity contribution in [2.75, 3.05) is 12.3 Å². The average Bonchev–Trinajstić information content (AvgIpc) is 3.01. The smallest absolute Gasteiger partial charge is 0.406 e. The number of carbonyl (C=O) groups excluding carboxylic acids is 1. The van der Waals surface area contributed by atoms with Crippen molar-refractivity contribution >= 4 is 17.7 Å². The first kappa shape index (κ1) is 14.6. The van der Waals surface area contributed by atoms with E-state index in [-0.39, 0.29) is 18.1 Å². The summed E-state index contributed by atoms with van der Waals surface area (Å²) in [6, 6.07) is 5.81. The van der Waals surface area contributed by atoms with E-state index in [1.54, 1.807) is 0 Å². The zero-order chi connectivity index (χ0) is 15.0. The Morgan fingerprint density at radius 3 is 2.57 bits per heavy atom. The number of thioether (sulfide) groups is 1. The molecule has 0 N–H and O–H groups in total. The molecule has 7 heteroatoms. The molecule has 2 aliphatic heterocycles. The van der Waals surface area contributed by atoms with Crippen molar-refractivity contribution < 1.29 is 22.7 Å². The highest BCUT2D eigenvalue weighted by molar-refractivity contribution is 8.00. The Hall–Kier alpha value is -1.37. The van der Waals surface area contributed by atoms with Crippen molar-refractivity contribution in [1.82, 2.24) is 4.90 Å². The summed E-state index contributed by atoms with van der Waals surface area (Å²) in [5.74, 6) is 0.775. The van der Waals surface area contributed by atoms with Crippen molar-refractivity contribution in [2.45, 2.75) is 30.5 Å². The van der Waals surface area contributed by atoms with Crippen LogP contribution in [-0.2, 0) is 11.2 Å². The Bertz CT molecular complexity index is 532. The van der Waals surface area contributed by atoms with Gasteiger partial charge in [-0.15, -0.1) is 13.2 Å². The number of ether oxygens (including phenoxy) is 1. The van der Waals surface area contributed by atoms with Gasteiger partial charge in [0.1, 0.15) is 5.75 Å². The van der Waals surface area contributed by atoms with E-state index < -0.39 is 6.36 Å². The maximum atomic E-state index is 12.2. The van der Waals surface area contributed by atoms with Gasteiger partial charge >= 0.3 is 6.36 Å². The van der Waals surface area contributed by atoms with Gasteiger partial charge in [-0.05, 0) is 24.1 Å². The van der Waals surface area contributed by atoms with Gasteiger partial charge in [0.05, 0.1) is 6.42 Å². The molecule has 2 fully saturated rings. The van der Waals surface area contributed by atoms with Gasteiger partial charge in [-0.1, -0.05) is 12.1 Å². The monoisotopic (exact) mass is 317 g/mol. The molecule has 21 heavy (non-hydrogen) atoms. The van der Waals surface area contributed by atoms with Gasteiger partial charge in [-0.3, -0.25) is 4.79 Å². The first-order valence-electron chi connectivity index (χ1n) is 6.66. The number of benzene rings is 1. The van der Waals surface area contributed by atoms with E-state index in [0.717, 1.165) is 18.7 Å². The summed E-state index contributed by atoms with van der Waals surface area (Å²) >= 11 is 1.91. The molecule has 3 nitrogen and oxygen atoms in total. The third-order valence-corrected chi connectivity index (χ3v) is 5.12. The third-order valence-electron chi connectivity index (χ3n) is 3.73. The molecule has 2 saturated heterocycles. The van der Waals surface area contributed by atoms with Crippen LogP contribution in [0.2, 0.25) is 0 Å². The normalized spacial score (nSPS) is 24.4. The molecule has 3 rings (SSSR count). The molecule has 0 spiro atoms. The van der Waals surface area contributed by atoms with Crippen LogP contribution in [0.4, 0.5) is 13.2 Å². The Labute approximate surface area is 124 Å². The van der Waals surface area contributed by atoms with Crippen LogP contribution < -0.4 is 4.74 Å². The summed E-state index contributed by atoms with van der Waals surface area (Å²) in [5, 5.41) is 0.557. The zero-order valence-corrected chi connectivity index (χ0v) is 11.9. The molecule has 2 unspecified atom stereocenters. The number of nitrogens with zero attached hydrogens (tertiary/aromatic N) is 1. The molecule has 1 aromatic rings. The van der Waals surface area contributed by atoms with Gasteiger partial charge in [-0.2, -0.15) is 11.8 Å². The number of fused-ring (bicyclic) bond motifs is 2. The Balaban J connectivity index is 1.59. The molecule has 2 atom stereocenters. The molecule has 0 saturated carbocycles. The van der Waals surface area contributed by atoms with Crippen LogP contribution in [0.1, 0.15) is 12.0 Å². The number of hydrogen-bond donors (Lipinski definition) is 0. The first-order chi connectivity index (χ1) is 9.90. The fourth-order valence-corrected chi connectivity index (χ4v) is 4.22. The van der Waals surface area contributed by atoms with Crippen LogP contribution >= 0.6 is 11.8 Å². The number of alkyl halides is 3. The second-order valence-corrected chi connectivity index (χ2v) is 6.59. The molecule has 2 bridgehead atoms. The summed E-state index contributed by atoms with van der Waals surface area (Å²) in [4.78, 5) is 14.1. The fraction of sp³-hybridized carbons (Fsp3) is 0.500. The lowest BCUT2D eigenvalue weighted by Crippen LogP contribution is -2.40. The molecule has 0 radical (unpaired) electrons.